The van der Waals surface area contributed by atoms with Crippen LogP contribution in [0.5, 0.6) is 0 Å². The Hall–Kier alpha value is -1.16. The summed E-state index contributed by atoms with van der Waals surface area (Å²) in [5, 5.41) is 21.2. The Morgan fingerprint density at radius 1 is 0.971 bits per heavy atom. The maximum absolute atomic E-state index is 12.9. The molecule has 0 heterocycles. The molecule has 5 aliphatic carbocycles. The van der Waals surface area contributed by atoms with Gasteiger partial charge in [0.2, 0.25) is 0 Å². The van der Waals surface area contributed by atoms with Gasteiger partial charge in [0.05, 0.1) is 12.0 Å². The standard InChI is InChI=1S/C30H46O4/c1-17-18(25(33)34)16-23(32)28(5)14-15-29(6)19(24(17)28)8-9-21-27(4)12-11-22(31)26(2,3)20(27)10-13-30(21,29)7/h8,17-18,20-21,23-24,32H,9-16H2,1-7H3,(H,33,34)/t17?,18?,20?,21?,23?,24?,27-,28-,29+,30+/m0/s1. The van der Waals surface area contributed by atoms with Crippen molar-refractivity contribution in [2.45, 2.75) is 106 Å². The van der Waals surface area contributed by atoms with Gasteiger partial charge in [-0.15, -0.1) is 0 Å². The molecule has 0 radical (unpaired) electrons. The minimum atomic E-state index is -0.761. The Morgan fingerprint density at radius 2 is 1.65 bits per heavy atom. The van der Waals surface area contributed by atoms with Crippen molar-refractivity contribution in [3.63, 3.8) is 0 Å². The number of carboxylic acid groups (broad SMARTS) is 1. The molecule has 10 atom stereocenters. The van der Waals surface area contributed by atoms with Crippen molar-refractivity contribution in [2.75, 3.05) is 0 Å². The molecule has 0 aliphatic heterocycles. The molecule has 4 saturated carbocycles. The van der Waals surface area contributed by atoms with E-state index in [1.807, 2.05) is 0 Å². The lowest BCUT2D eigenvalue weighted by atomic mass is 9.33. The van der Waals surface area contributed by atoms with Crippen LogP contribution in [-0.2, 0) is 9.59 Å². The van der Waals surface area contributed by atoms with E-state index in [9.17, 15) is 19.8 Å². The number of ketones is 1. The van der Waals surface area contributed by atoms with E-state index < -0.39 is 18.0 Å². The summed E-state index contributed by atoms with van der Waals surface area (Å²) in [5.74, 6) is 0.291. The second-order valence-corrected chi connectivity index (χ2v) is 14.5. The number of fused-ring (bicyclic) bond motifs is 7. The number of allylic oxidation sites excluding steroid dienone is 2. The highest BCUT2D eigenvalue weighted by Gasteiger charge is 2.69. The van der Waals surface area contributed by atoms with Crippen molar-refractivity contribution >= 4 is 11.8 Å². The van der Waals surface area contributed by atoms with Gasteiger partial charge in [-0.1, -0.05) is 60.1 Å². The molecule has 5 rings (SSSR count). The highest BCUT2D eigenvalue weighted by atomic mass is 16.4. The second-order valence-electron chi connectivity index (χ2n) is 14.5. The monoisotopic (exact) mass is 470 g/mol. The summed E-state index contributed by atoms with van der Waals surface area (Å²) >= 11 is 0. The quantitative estimate of drug-likeness (QED) is 0.443. The van der Waals surface area contributed by atoms with Gasteiger partial charge in [0, 0.05) is 17.3 Å². The zero-order chi connectivity index (χ0) is 25.1. The molecular formula is C30H46O4. The van der Waals surface area contributed by atoms with Crippen LogP contribution in [0.2, 0.25) is 0 Å². The third kappa shape index (κ3) is 2.75. The third-order valence-corrected chi connectivity index (χ3v) is 13.2. The van der Waals surface area contributed by atoms with Gasteiger partial charge in [-0.05, 0) is 84.9 Å². The fourth-order valence-electron chi connectivity index (χ4n) is 10.8. The van der Waals surface area contributed by atoms with Gasteiger partial charge in [-0.3, -0.25) is 9.59 Å². The summed E-state index contributed by atoms with van der Waals surface area (Å²) < 4.78 is 0. The van der Waals surface area contributed by atoms with Crippen LogP contribution in [0.4, 0.5) is 0 Å². The summed E-state index contributed by atoms with van der Waals surface area (Å²) in [6.45, 7) is 16.2. The van der Waals surface area contributed by atoms with Crippen LogP contribution in [-0.4, -0.2) is 28.1 Å². The Kier molecular flexibility index (Phi) is 5.20. The smallest absolute Gasteiger partial charge is 0.306 e. The van der Waals surface area contributed by atoms with Gasteiger partial charge < -0.3 is 10.2 Å². The van der Waals surface area contributed by atoms with Crippen LogP contribution >= 0.6 is 0 Å². The molecule has 4 heteroatoms. The first kappa shape index (κ1) is 24.5. The first-order chi connectivity index (χ1) is 15.6. The maximum atomic E-state index is 12.9. The molecule has 0 spiro atoms. The summed E-state index contributed by atoms with van der Waals surface area (Å²) in [5.41, 5.74) is 1.24. The summed E-state index contributed by atoms with van der Waals surface area (Å²) in [7, 11) is 0. The van der Waals surface area contributed by atoms with Crippen LogP contribution < -0.4 is 0 Å². The molecule has 0 amide bonds. The third-order valence-electron chi connectivity index (χ3n) is 13.2. The number of hydrogen-bond donors (Lipinski definition) is 2. The number of hydrogen-bond acceptors (Lipinski definition) is 3. The number of carboxylic acids is 1. The average molecular weight is 471 g/mol. The molecular weight excluding hydrogens is 424 g/mol. The molecule has 190 valence electrons. The number of carbonyl (C=O) groups excluding carboxylic acids is 1. The van der Waals surface area contributed by atoms with E-state index in [4.69, 9.17) is 0 Å². The van der Waals surface area contributed by atoms with E-state index in [1.165, 1.54) is 5.57 Å². The fraction of sp³-hybridized carbons (Fsp3) is 0.867. The van der Waals surface area contributed by atoms with Crippen molar-refractivity contribution < 1.29 is 19.8 Å². The van der Waals surface area contributed by atoms with Crippen molar-refractivity contribution in [2.24, 2.45) is 56.7 Å². The molecule has 0 aromatic heterocycles. The highest BCUT2D eigenvalue weighted by Crippen LogP contribution is 2.75. The summed E-state index contributed by atoms with van der Waals surface area (Å²) in [6.07, 6.45) is 9.26. The van der Waals surface area contributed by atoms with Crippen LogP contribution in [0.1, 0.15) is 99.8 Å². The molecule has 4 nitrogen and oxygen atoms in total. The maximum Gasteiger partial charge on any atom is 0.306 e. The molecule has 34 heavy (non-hydrogen) atoms. The Bertz CT molecular complexity index is 949. The van der Waals surface area contributed by atoms with Gasteiger partial charge in [0.25, 0.3) is 0 Å². The SMILES string of the molecule is CC1C(C(=O)O)CC(O)[C@]2(C)CC[C@]3(C)C(=CCC4[C@@]5(C)CCC(=O)C(C)(C)C5CC[C@]43C)C12. The van der Waals surface area contributed by atoms with Gasteiger partial charge in [-0.25, -0.2) is 0 Å². The van der Waals surface area contributed by atoms with Crippen molar-refractivity contribution in [3.05, 3.63) is 11.6 Å². The Morgan fingerprint density at radius 3 is 2.29 bits per heavy atom. The lowest BCUT2D eigenvalue weighted by Gasteiger charge is -2.71. The minimum absolute atomic E-state index is 0.00798. The Balaban J connectivity index is 1.60. The topological polar surface area (TPSA) is 74.6 Å². The van der Waals surface area contributed by atoms with Crippen LogP contribution in [0.15, 0.2) is 11.6 Å². The first-order valence-electron chi connectivity index (χ1n) is 13.8. The van der Waals surface area contributed by atoms with E-state index in [0.717, 1.165) is 38.5 Å². The largest absolute Gasteiger partial charge is 0.481 e. The molecule has 4 fully saturated rings. The van der Waals surface area contributed by atoms with Gasteiger partial charge >= 0.3 is 5.97 Å². The summed E-state index contributed by atoms with van der Waals surface area (Å²) in [6, 6.07) is 0. The predicted octanol–water partition coefficient (Wildman–Crippen LogP) is 6.27. The molecule has 0 saturated heterocycles. The van der Waals surface area contributed by atoms with E-state index >= 15 is 0 Å². The van der Waals surface area contributed by atoms with Crippen LogP contribution in [0, 0.1) is 56.7 Å². The van der Waals surface area contributed by atoms with E-state index in [0.29, 0.717) is 30.5 Å². The predicted molar refractivity (Wildman–Crippen MR) is 133 cm³/mol. The molecule has 2 N–H and O–H groups in total. The number of aliphatic carboxylic acids is 1. The lowest BCUT2D eigenvalue weighted by molar-refractivity contribution is -0.194. The molecule has 5 aliphatic rings. The number of rotatable bonds is 1. The van der Waals surface area contributed by atoms with Gasteiger partial charge in [0.15, 0.2) is 0 Å². The number of Topliss-reactive ketones (excluding diaryl/α,β-unsaturated/α-hetero) is 1. The number of aliphatic hydroxyl groups excluding tert-OH is 1. The van der Waals surface area contributed by atoms with Crippen molar-refractivity contribution in [3.8, 4) is 0 Å². The lowest BCUT2D eigenvalue weighted by Crippen LogP contribution is -2.65. The first-order valence-corrected chi connectivity index (χ1v) is 13.8. The van der Waals surface area contributed by atoms with Crippen LogP contribution in [0.25, 0.3) is 0 Å². The molecule has 0 bridgehead atoms. The Labute approximate surface area is 206 Å². The van der Waals surface area contributed by atoms with Gasteiger partial charge in [-0.2, -0.15) is 0 Å². The number of carbonyl (C=O) groups is 2. The zero-order valence-electron chi connectivity index (χ0n) is 22.4. The van der Waals surface area contributed by atoms with Crippen LogP contribution in [0.3, 0.4) is 0 Å². The van der Waals surface area contributed by atoms with Crippen molar-refractivity contribution in [1.82, 2.24) is 0 Å². The fourth-order valence-corrected chi connectivity index (χ4v) is 10.8. The van der Waals surface area contributed by atoms with E-state index in [2.05, 4.69) is 54.5 Å². The summed E-state index contributed by atoms with van der Waals surface area (Å²) in [4.78, 5) is 25.1. The normalized spacial score (nSPS) is 54.1. The van der Waals surface area contributed by atoms with Gasteiger partial charge in [0.1, 0.15) is 5.78 Å². The van der Waals surface area contributed by atoms with E-state index in [-0.39, 0.29) is 38.9 Å². The minimum Gasteiger partial charge on any atom is -0.481 e. The molecule has 0 aromatic rings. The zero-order valence-corrected chi connectivity index (χ0v) is 22.4. The second kappa shape index (κ2) is 7.20. The number of aliphatic hydroxyl groups is 1. The van der Waals surface area contributed by atoms with Crippen molar-refractivity contribution in [1.29, 1.82) is 0 Å². The molecule has 0 aromatic carbocycles. The van der Waals surface area contributed by atoms with E-state index in [1.54, 1.807) is 0 Å². The molecule has 6 unspecified atom stereocenters. The average Bonchev–Trinajstić information content (AvgIpc) is 2.74. The highest BCUT2D eigenvalue weighted by molar-refractivity contribution is 5.85.